The first-order valence-corrected chi connectivity index (χ1v) is 9.24. The Labute approximate surface area is 159 Å². The molecule has 0 bridgehead atoms. The fourth-order valence-electron chi connectivity index (χ4n) is 3.38. The molecule has 27 heavy (non-hydrogen) atoms. The van der Waals surface area contributed by atoms with Gasteiger partial charge in [0.2, 0.25) is 5.91 Å². The minimum Gasteiger partial charge on any atom is -0.340 e. The summed E-state index contributed by atoms with van der Waals surface area (Å²) in [5.41, 5.74) is 7.26. The maximum absolute atomic E-state index is 13.2. The Balaban J connectivity index is 1.77. The van der Waals surface area contributed by atoms with Gasteiger partial charge in [-0.2, -0.15) is 0 Å². The van der Waals surface area contributed by atoms with Crippen LogP contribution < -0.4 is 11.1 Å². The van der Waals surface area contributed by atoms with Gasteiger partial charge in [0.05, 0.1) is 0 Å². The van der Waals surface area contributed by atoms with Crippen molar-refractivity contribution < 1.29 is 9.59 Å². The van der Waals surface area contributed by atoms with Crippen LogP contribution in [0.3, 0.4) is 0 Å². The van der Waals surface area contributed by atoms with Gasteiger partial charge < -0.3 is 16.0 Å². The lowest BCUT2D eigenvalue weighted by Gasteiger charge is -2.26. The maximum Gasteiger partial charge on any atom is 0.251 e. The summed E-state index contributed by atoms with van der Waals surface area (Å²) in [6, 6.07) is 12.0. The lowest BCUT2D eigenvalue weighted by Crippen LogP contribution is -2.49. The van der Waals surface area contributed by atoms with Crippen LogP contribution in [-0.4, -0.2) is 47.4 Å². The fourth-order valence-corrected chi connectivity index (χ4v) is 3.38. The van der Waals surface area contributed by atoms with E-state index >= 15 is 0 Å². The van der Waals surface area contributed by atoms with Gasteiger partial charge in [-0.15, -0.1) is 0 Å². The molecule has 6 heteroatoms. The average Bonchev–Trinajstić information content (AvgIpc) is 3.11. The van der Waals surface area contributed by atoms with E-state index in [-0.39, 0.29) is 17.2 Å². The van der Waals surface area contributed by atoms with Crippen molar-refractivity contribution in [3.05, 3.63) is 66.0 Å². The molecule has 1 aromatic carbocycles. The van der Waals surface area contributed by atoms with Crippen molar-refractivity contribution in [3.63, 3.8) is 0 Å². The zero-order valence-electron chi connectivity index (χ0n) is 15.6. The van der Waals surface area contributed by atoms with E-state index in [1.165, 1.54) is 0 Å². The number of nitrogens with two attached hydrogens (primary N) is 1. The Hall–Kier alpha value is -2.73. The highest BCUT2D eigenvalue weighted by Gasteiger charge is 2.37. The zero-order chi connectivity index (χ0) is 19.3. The molecule has 3 rings (SSSR count). The Kier molecular flexibility index (Phi) is 5.86. The van der Waals surface area contributed by atoms with Crippen LogP contribution in [0.1, 0.15) is 29.3 Å². The molecule has 1 saturated heterocycles. The van der Waals surface area contributed by atoms with Crippen molar-refractivity contribution in [3.8, 4) is 0 Å². The van der Waals surface area contributed by atoms with Crippen LogP contribution in [0.15, 0.2) is 54.9 Å². The highest BCUT2D eigenvalue weighted by atomic mass is 16.2. The van der Waals surface area contributed by atoms with Gasteiger partial charge in [0, 0.05) is 37.5 Å². The number of likely N-dealkylation sites (tertiary alicyclic amines) is 1. The Bertz CT molecular complexity index is 781. The molecular formula is C21H26N4O2. The highest BCUT2D eigenvalue weighted by Crippen LogP contribution is 2.29. The lowest BCUT2D eigenvalue weighted by atomic mass is 9.90. The van der Waals surface area contributed by atoms with E-state index in [0.717, 1.165) is 12.0 Å². The van der Waals surface area contributed by atoms with Crippen molar-refractivity contribution in [2.24, 2.45) is 11.1 Å². The number of benzene rings is 1. The number of rotatable bonds is 6. The third-order valence-electron chi connectivity index (χ3n) is 5.16. The van der Waals surface area contributed by atoms with E-state index in [2.05, 4.69) is 17.2 Å². The second-order valence-electron chi connectivity index (χ2n) is 7.48. The second-order valence-corrected chi connectivity index (χ2v) is 7.48. The van der Waals surface area contributed by atoms with Gasteiger partial charge in [0.25, 0.3) is 5.91 Å². The summed E-state index contributed by atoms with van der Waals surface area (Å²) in [4.78, 5) is 31.7. The van der Waals surface area contributed by atoms with E-state index in [1.54, 1.807) is 36.7 Å². The first-order chi connectivity index (χ1) is 13.0. The molecule has 6 nitrogen and oxygen atoms in total. The Morgan fingerprint density at radius 3 is 2.67 bits per heavy atom. The van der Waals surface area contributed by atoms with Crippen LogP contribution in [-0.2, 0) is 11.2 Å². The smallest absolute Gasteiger partial charge is 0.251 e. The Morgan fingerprint density at radius 1 is 1.26 bits per heavy atom. The molecule has 1 aromatic heterocycles. The average molecular weight is 366 g/mol. The molecule has 0 radical (unpaired) electrons. The number of pyridine rings is 1. The third kappa shape index (κ3) is 4.71. The number of nitrogens with zero attached hydrogens (tertiary/aromatic N) is 2. The van der Waals surface area contributed by atoms with Crippen molar-refractivity contribution in [1.29, 1.82) is 0 Å². The molecule has 0 saturated carbocycles. The first-order valence-electron chi connectivity index (χ1n) is 9.24. The summed E-state index contributed by atoms with van der Waals surface area (Å²) in [7, 11) is 0. The molecule has 1 aliphatic rings. The molecule has 0 aliphatic carbocycles. The summed E-state index contributed by atoms with van der Waals surface area (Å²) in [5, 5.41) is 2.91. The second kappa shape index (κ2) is 8.31. The van der Waals surface area contributed by atoms with Crippen LogP contribution in [0.2, 0.25) is 0 Å². The van der Waals surface area contributed by atoms with Crippen LogP contribution in [0.4, 0.5) is 0 Å². The van der Waals surface area contributed by atoms with Gasteiger partial charge in [0.15, 0.2) is 0 Å². The number of amides is 2. The number of hydrogen-bond donors (Lipinski definition) is 2. The van der Waals surface area contributed by atoms with Gasteiger partial charge in [-0.05, 0) is 42.1 Å². The zero-order valence-corrected chi connectivity index (χ0v) is 15.6. The van der Waals surface area contributed by atoms with E-state index in [0.29, 0.717) is 31.6 Å². The maximum atomic E-state index is 13.2. The van der Waals surface area contributed by atoms with Gasteiger partial charge in [-0.25, -0.2) is 0 Å². The van der Waals surface area contributed by atoms with Crippen LogP contribution >= 0.6 is 0 Å². The fraction of sp³-hybridized carbons (Fsp3) is 0.381. The van der Waals surface area contributed by atoms with Crippen LogP contribution in [0.5, 0.6) is 0 Å². The van der Waals surface area contributed by atoms with Crippen molar-refractivity contribution >= 4 is 11.8 Å². The summed E-state index contributed by atoms with van der Waals surface area (Å²) in [5.74, 6) is -0.320. The summed E-state index contributed by atoms with van der Waals surface area (Å²) in [6.07, 6.45) is 4.70. The molecule has 2 heterocycles. The highest BCUT2D eigenvalue weighted by molar-refractivity contribution is 5.97. The standard InChI is InChI=1S/C21H26N4O2/c1-21(14-22)9-11-25(15-21)20(27)18(12-16-6-5-10-23-13-16)24-19(26)17-7-3-2-4-8-17/h2-8,10,13,18H,9,11-12,14-15,22H2,1H3,(H,24,26). The van der Waals surface area contributed by atoms with Crippen molar-refractivity contribution in [1.82, 2.24) is 15.2 Å². The van der Waals surface area contributed by atoms with E-state index in [1.807, 2.05) is 23.1 Å². The van der Waals surface area contributed by atoms with E-state index in [4.69, 9.17) is 5.73 Å². The topological polar surface area (TPSA) is 88.3 Å². The molecular weight excluding hydrogens is 340 g/mol. The van der Waals surface area contributed by atoms with Crippen LogP contribution in [0, 0.1) is 5.41 Å². The van der Waals surface area contributed by atoms with Gasteiger partial charge in [-0.3, -0.25) is 14.6 Å². The van der Waals surface area contributed by atoms with Crippen molar-refractivity contribution in [2.45, 2.75) is 25.8 Å². The van der Waals surface area contributed by atoms with Gasteiger partial charge >= 0.3 is 0 Å². The van der Waals surface area contributed by atoms with Gasteiger partial charge in [-0.1, -0.05) is 31.2 Å². The molecule has 142 valence electrons. The summed E-state index contributed by atoms with van der Waals surface area (Å²) < 4.78 is 0. The number of nitrogens with one attached hydrogen (secondary N) is 1. The van der Waals surface area contributed by atoms with Crippen molar-refractivity contribution in [2.75, 3.05) is 19.6 Å². The SMILES string of the molecule is CC1(CN)CCN(C(=O)C(Cc2cccnc2)NC(=O)c2ccccc2)C1. The predicted octanol–water partition coefficient (Wildman–Crippen LogP) is 1.62. The molecule has 0 spiro atoms. The van der Waals surface area contributed by atoms with Gasteiger partial charge in [0.1, 0.15) is 6.04 Å². The molecule has 1 fully saturated rings. The minimum absolute atomic E-state index is 0.0576. The minimum atomic E-state index is -0.637. The molecule has 1 aliphatic heterocycles. The molecule has 2 atom stereocenters. The molecule has 2 amide bonds. The number of carbonyl (C=O) groups excluding carboxylic acids is 2. The lowest BCUT2D eigenvalue weighted by molar-refractivity contribution is -0.132. The third-order valence-corrected chi connectivity index (χ3v) is 5.16. The van der Waals surface area contributed by atoms with E-state index < -0.39 is 6.04 Å². The summed E-state index contributed by atoms with van der Waals surface area (Å²) >= 11 is 0. The Morgan fingerprint density at radius 2 is 2.04 bits per heavy atom. The number of hydrogen-bond acceptors (Lipinski definition) is 4. The van der Waals surface area contributed by atoms with Crippen LogP contribution in [0.25, 0.3) is 0 Å². The first kappa shape index (κ1) is 19.0. The van der Waals surface area contributed by atoms with E-state index in [9.17, 15) is 9.59 Å². The largest absolute Gasteiger partial charge is 0.340 e. The quantitative estimate of drug-likeness (QED) is 0.813. The molecule has 3 N–H and O–H groups in total. The monoisotopic (exact) mass is 366 g/mol. The number of aromatic nitrogens is 1. The predicted molar refractivity (Wildman–Crippen MR) is 104 cm³/mol. The molecule has 2 aromatic rings. The normalized spacial score (nSPS) is 20.3. The summed E-state index contributed by atoms with van der Waals surface area (Å²) in [6.45, 7) is 3.92. The molecule has 2 unspecified atom stereocenters. The number of carbonyl (C=O) groups is 2.